The molecule has 8 nitrogen and oxygen atoms in total. The maximum Gasteiger partial charge on any atom is 0.348 e. The summed E-state index contributed by atoms with van der Waals surface area (Å²) in [5.74, 6) is -2.54. The summed E-state index contributed by atoms with van der Waals surface area (Å²) in [5.41, 5.74) is 0.951. The lowest BCUT2D eigenvalue weighted by Gasteiger charge is -2.29. The van der Waals surface area contributed by atoms with Crippen LogP contribution in [0.1, 0.15) is 19.4 Å². The molecule has 1 saturated heterocycles. The topological polar surface area (TPSA) is 100 Å². The third kappa shape index (κ3) is 5.01. The molecule has 0 unspecified atom stereocenters. The van der Waals surface area contributed by atoms with Crippen LogP contribution in [-0.4, -0.2) is 37.3 Å². The molecular weight excluding hydrogens is 438 g/mol. The minimum atomic E-state index is -1.31. The lowest BCUT2D eigenvalue weighted by molar-refractivity contribution is -0.222. The fourth-order valence-electron chi connectivity index (χ4n) is 3.50. The summed E-state index contributed by atoms with van der Waals surface area (Å²) in [4.78, 5) is 36.8. The van der Waals surface area contributed by atoms with Gasteiger partial charge in [-0.1, -0.05) is 42.5 Å². The largest absolute Gasteiger partial charge is 0.493 e. The van der Waals surface area contributed by atoms with E-state index in [-0.39, 0.29) is 18.1 Å². The number of ether oxygens (including phenoxy) is 4. The highest BCUT2D eigenvalue weighted by molar-refractivity contribution is 6.18. The molecule has 1 amide bonds. The minimum Gasteiger partial charge on any atom is -0.493 e. The molecule has 0 bridgehead atoms. The van der Waals surface area contributed by atoms with Gasteiger partial charge < -0.3 is 24.3 Å². The number of hydrogen-bond acceptors (Lipinski definition) is 7. The van der Waals surface area contributed by atoms with E-state index in [0.29, 0.717) is 22.7 Å². The SMILES string of the molecule is COc1cc(C=C2C(=O)OC(C)(C)OC2=O)ccc1OCC(=O)Nc1cccc2ccccc12. The van der Waals surface area contributed by atoms with Gasteiger partial charge in [0.25, 0.3) is 11.7 Å². The molecule has 1 N–H and O–H groups in total. The Bertz CT molecular complexity index is 1280. The van der Waals surface area contributed by atoms with Crippen molar-refractivity contribution >= 4 is 40.4 Å². The van der Waals surface area contributed by atoms with Crippen molar-refractivity contribution in [3.05, 3.63) is 71.8 Å². The second-order valence-corrected chi connectivity index (χ2v) is 8.01. The second kappa shape index (κ2) is 9.27. The molecule has 1 fully saturated rings. The lowest BCUT2D eigenvalue weighted by Crippen LogP contribution is -2.41. The number of carbonyl (C=O) groups excluding carboxylic acids is 3. The Kier molecular flexibility index (Phi) is 6.23. The summed E-state index contributed by atoms with van der Waals surface area (Å²) in [6.45, 7) is 2.71. The number of anilines is 1. The van der Waals surface area contributed by atoms with E-state index in [1.807, 2.05) is 42.5 Å². The molecule has 4 rings (SSSR count). The van der Waals surface area contributed by atoms with E-state index in [0.717, 1.165) is 10.8 Å². The number of carbonyl (C=O) groups is 3. The van der Waals surface area contributed by atoms with Crippen LogP contribution in [0, 0.1) is 0 Å². The quantitative estimate of drug-likeness (QED) is 0.335. The van der Waals surface area contributed by atoms with E-state index in [4.69, 9.17) is 18.9 Å². The van der Waals surface area contributed by atoms with Crippen molar-refractivity contribution in [3.8, 4) is 11.5 Å². The molecule has 3 aromatic carbocycles. The maximum absolute atomic E-state index is 12.5. The van der Waals surface area contributed by atoms with Crippen LogP contribution in [0.3, 0.4) is 0 Å². The summed E-state index contributed by atoms with van der Waals surface area (Å²) in [6, 6.07) is 18.2. The predicted octanol–water partition coefficient (Wildman–Crippen LogP) is 4.09. The number of cyclic esters (lactones) is 2. The Morgan fingerprint density at radius 3 is 2.41 bits per heavy atom. The van der Waals surface area contributed by atoms with Gasteiger partial charge in [0, 0.05) is 24.9 Å². The number of hydrogen-bond donors (Lipinski definition) is 1. The summed E-state index contributed by atoms with van der Waals surface area (Å²) < 4.78 is 21.2. The molecule has 0 atom stereocenters. The fraction of sp³-hybridized carbons (Fsp3) is 0.192. The van der Waals surface area contributed by atoms with E-state index >= 15 is 0 Å². The second-order valence-electron chi connectivity index (χ2n) is 8.01. The van der Waals surface area contributed by atoms with Crippen LogP contribution in [0.5, 0.6) is 11.5 Å². The maximum atomic E-state index is 12.5. The number of benzene rings is 3. The number of rotatable bonds is 6. The van der Waals surface area contributed by atoms with Crippen LogP contribution in [0.25, 0.3) is 16.8 Å². The van der Waals surface area contributed by atoms with Gasteiger partial charge >= 0.3 is 11.9 Å². The van der Waals surface area contributed by atoms with E-state index in [9.17, 15) is 14.4 Å². The van der Waals surface area contributed by atoms with Gasteiger partial charge in [0.15, 0.2) is 18.1 Å². The average molecular weight is 461 g/mol. The molecule has 0 aromatic heterocycles. The van der Waals surface area contributed by atoms with E-state index < -0.39 is 17.7 Å². The summed E-state index contributed by atoms with van der Waals surface area (Å²) >= 11 is 0. The zero-order valence-electron chi connectivity index (χ0n) is 18.9. The number of methoxy groups -OCH3 is 1. The lowest BCUT2D eigenvalue weighted by atomic mass is 10.1. The van der Waals surface area contributed by atoms with Crippen LogP contribution in [0.15, 0.2) is 66.2 Å². The molecule has 174 valence electrons. The van der Waals surface area contributed by atoms with Crippen molar-refractivity contribution in [3.63, 3.8) is 0 Å². The number of esters is 2. The molecule has 1 heterocycles. The van der Waals surface area contributed by atoms with Crippen LogP contribution < -0.4 is 14.8 Å². The van der Waals surface area contributed by atoms with Crippen molar-refractivity contribution in [1.29, 1.82) is 0 Å². The average Bonchev–Trinajstić information content (AvgIpc) is 2.80. The highest BCUT2D eigenvalue weighted by Crippen LogP contribution is 2.31. The smallest absolute Gasteiger partial charge is 0.348 e. The van der Waals surface area contributed by atoms with Gasteiger partial charge in [0.1, 0.15) is 5.57 Å². The Hall–Kier alpha value is -4.33. The van der Waals surface area contributed by atoms with E-state index in [1.165, 1.54) is 27.0 Å². The normalized spacial score (nSPS) is 14.7. The van der Waals surface area contributed by atoms with Crippen molar-refractivity contribution in [2.45, 2.75) is 19.6 Å². The molecular formula is C26H23NO7. The Morgan fingerprint density at radius 2 is 1.68 bits per heavy atom. The predicted molar refractivity (Wildman–Crippen MR) is 125 cm³/mol. The van der Waals surface area contributed by atoms with Crippen LogP contribution in [0.2, 0.25) is 0 Å². The fourth-order valence-corrected chi connectivity index (χ4v) is 3.50. The number of fused-ring (bicyclic) bond motifs is 1. The van der Waals surface area contributed by atoms with Crippen LogP contribution in [-0.2, 0) is 23.9 Å². The van der Waals surface area contributed by atoms with Crippen molar-refractivity contribution in [1.82, 2.24) is 0 Å². The molecule has 0 radical (unpaired) electrons. The standard InChI is InChI=1S/C26H23NO7/c1-26(2)33-24(29)19(25(30)34-26)13-16-11-12-21(22(14-16)31-3)32-15-23(28)27-20-10-6-8-17-7-4-5-9-18(17)20/h4-14H,15H2,1-3H3,(H,27,28). The molecule has 8 heteroatoms. The third-order valence-electron chi connectivity index (χ3n) is 5.04. The summed E-state index contributed by atoms with van der Waals surface area (Å²) in [5, 5.41) is 4.80. The minimum absolute atomic E-state index is 0.232. The van der Waals surface area contributed by atoms with Gasteiger partial charge in [0.05, 0.1) is 7.11 Å². The van der Waals surface area contributed by atoms with Gasteiger partial charge in [0.2, 0.25) is 0 Å². The molecule has 1 aliphatic rings. The molecule has 1 aliphatic heterocycles. The molecule has 0 saturated carbocycles. The van der Waals surface area contributed by atoms with Gasteiger partial charge in [-0.05, 0) is 35.2 Å². The zero-order chi connectivity index (χ0) is 24.3. The third-order valence-corrected chi connectivity index (χ3v) is 5.04. The van der Waals surface area contributed by atoms with Gasteiger partial charge in [-0.25, -0.2) is 9.59 Å². The molecule has 3 aromatic rings. The number of amides is 1. The Labute approximate surface area is 196 Å². The molecule has 0 spiro atoms. The van der Waals surface area contributed by atoms with Gasteiger partial charge in [-0.2, -0.15) is 0 Å². The van der Waals surface area contributed by atoms with Crippen LogP contribution >= 0.6 is 0 Å². The summed E-state index contributed by atoms with van der Waals surface area (Å²) in [6.07, 6.45) is 1.35. The van der Waals surface area contributed by atoms with Crippen molar-refractivity contribution in [2.75, 3.05) is 19.0 Å². The molecule has 34 heavy (non-hydrogen) atoms. The van der Waals surface area contributed by atoms with Crippen molar-refractivity contribution in [2.24, 2.45) is 0 Å². The Morgan fingerprint density at radius 1 is 0.971 bits per heavy atom. The van der Waals surface area contributed by atoms with Crippen LogP contribution in [0.4, 0.5) is 5.69 Å². The first-order valence-electron chi connectivity index (χ1n) is 10.5. The monoisotopic (exact) mass is 461 g/mol. The molecule has 0 aliphatic carbocycles. The van der Waals surface area contributed by atoms with E-state index in [1.54, 1.807) is 18.2 Å². The first-order chi connectivity index (χ1) is 16.3. The zero-order valence-corrected chi connectivity index (χ0v) is 18.9. The highest BCUT2D eigenvalue weighted by Gasteiger charge is 2.38. The number of nitrogens with one attached hydrogen (secondary N) is 1. The van der Waals surface area contributed by atoms with Gasteiger partial charge in [-0.15, -0.1) is 0 Å². The van der Waals surface area contributed by atoms with E-state index in [2.05, 4.69) is 5.32 Å². The van der Waals surface area contributed by atoms with Crippen molar-refractivity contribution < 1.29 is 33.3 Å². The summed E-state index contributed by atoms with van der Waals surface area (Å²) in [7, 11) is 1.45. The van der Waals surface area contributed by atoms with Gasteiger partial charge in [-0.3, -0.25) is 4.79 Å². The highest BCUT2D eigenvalue weighted by atomic mass is 16.7. The first kappa shape index (κ1) is 22.8. The Balaban J connectivity index is 1.45. The first-order valence-corrected chi connectivity index (χ1v) is 10.5.